The van der Waals surface area contributed by atoms with Crippen molar-refractivity contribution in [2.75, 3.05) is 18.0 Å². The topological polar surface area (TPSA) is 35.9 Å². The van der Waals surface area contributed by atoms with Crippen LogP contribution in [-0.4, -0.2) is 29.1 Å². The number of carbonyl (C=O) groups is 1. The van der Waals surface area contributed by atoms with Crippen molar-refractivity contribution in [1.82, 2.24) is 4.90 Å². The Labute approximate surface area is 190 Å². The van der Waals surface area contributed by atoms with Gasteiger partial charge in [-0.05, 0) is 42.3 Å². The van der Waals surface area contributed by atoms with Gasteiger partial charge in [-0.25, -0.2) is 4.99 Å². The molecule has 0 atom stereocenters. The molecule has 2 aliphatic rings. The second-order valence-electron chi connectivity index (χ2n) is 7.15. The monoisotopic (exact) mass is 443 g/mol. The zero-order valence-electron chi connectivity index (χ0n) is 17.1. The summed E-state index contributed by atoms with van der Waals surface area (Å²) in [7, 11) is 0. The third-order valence-corrected chi connectivity index (χ3v) is 7.65. The number of fused-ring (bicyclic) bond motifs is 2. The Balaban J connectivity index is 1.60. The highest BCUT2D eigenvalue weighted by Gasteiger charge is 2.39. The number of para-hydroxylation sites is 1. The largest absolute Gasteiger partial charge is 0.334 e. The average Bonchev–Trinajstić information content (AvgIpc) is 3.32. The van der Waals surface area contributed by atoms with Gasteiger partial charge in [-0.1, -0.05) is 66.4 Å². The molecule has 1 fully saturated rings. The molecule has 2 aliphatic heterocycles. The minimum atomic E-state index is -0.0161. The number of hydrogen-bond acceptors (Lipinski definition) is 5. The van der Waals surface area contributed by atoms with Crippen LogP contribution in [0.5, 0.6) is 0 Å². The van der Waals surface area contributed by atoms with Crippen molar-refractivity contribution in [3.63, 3.8) is 0 Å². The van der Waals surface area contributed by atoms with Gasteiger partial charge in [0.05, 0.1) is 11.4 Å². The fourth-order valence-electron chi connectivity index (χ4n) is 3.83. The summed E-state index contributed by atoms with van der Waals surface area (Å²) in [5.41, 5.74) is 2.02. The fourth-order valence-corrected chi connectivity index (χ4v) is 6.23. The van der Waals surface area contributed by atoms with E-state index in [4.69, 9.17) is 4.99 Å². The predicted octanol–water partition coefficient (Wildman–Crippen LogP) is 6.39. The lowest BCUT2D eigenvalue weighted by molar-refractivity contribution is -0.121. The van der Waals surface area contributed by atoms with Crippen LogP contribution in [0.2, 0.25) is 0 Å². The van der Waals surface area contributed by atoms with Crippen molar-refractivity contribution in [1.29, 1.82) is 0 Å². The first-order valence-electron chi connectivity index (χ1n) is 10.2. The maximum absolute atomic E-state index is 13.4. The summed E-state index contributed by atoms with van der Waals surface area (Å²) in [6.45, 7) is 7.18. The summed E-state index contributed by atoms with van der Waals surface area (Å²) in [6, 6.07) is 22.5. The van der Waals surface area contributed by atoms with Crippen LogP contribution in [-0.2, 0) is 4.79 Å². The van der Waals surface area contributed by atoms with Crippen molar-refractivity contribution in [3.8, 4) is 0 Å². The molecule has 0 bridgehead atoms. The summed E-state index contributed by atoms with van der Waals surface area (Å²) in [5, 5.41) is 3.88. The van der Waals surface area contributed by atoms with Gasteiger partial charge < -0.3 is 4.90 Å². The minimum absolute atomic E-state index is 0.0161. The van der Waals surface area contributed by atoms with Crippen LogP contribution in [0.1, 0.15) is 6.92 Å². The van der Waals surface area contributed by atoms with Crippen molar-refractivity contribution < 1.29 is 4.79 Å². The van der Waals surface area contributed by atoms with Gasteiger partial charge in [-0.2, -0.15) is 0 Å². The van der Waals surface area contributed by atoms with Crippen LogP contribution in [0.25, 0.3) is 10.8 Å². The number of benzene rings is 3. The first-order valence-corrected chi connectivity index (χ1v) is 11.8. The maximum Gasteiger partial charge on any atom is 0.269 e. The minimum Gasteiger partial charge on any atom is -0.334 e. The van der Waals surface area contributed by atoms with E-state index in [1.807, 2.05) is 36.4 Å². The molecule has 3 aromatic carbocycles. The van der Waals surface area contributed by atoms with Gasteiger partial charge in [0.2, 0.25) is 0 Å². The van der Waals surface area contributed by atoms with Crippen molar-refractivity contribution in [3.05, 3.63) is 89.3 Å². The molecule has 4 nitrogen and oxygen atoms in total. The lowest BCUT2D eigenvalue weighted by Crippen LogP contribution is -2.30. The lowest BCUT2D eigenvalue weighted by Gasteiger charge is -2.19. The molecule has 0 aliphatic carbocycles. The van der Waals surface area contributed by atoms with Crippen LogP contribution in [0, 0.1) is 0 Å². The molecule has 6 heteroatoms. The molecule has 0 unspecified atom stereocenters. The zero-order valence-corrected chi connectivity index (χ0v) is 18.7. The van der Waals surface area contributed by atoms with Crippen LogP contribution in [0.3, 0.4) is 0 Å². The van der Waals surface area contributed by atoms with Crippen molar-refractivity contribution in [2.45, 2.75) is 11.8 Å². The molecule has 154 valence electrons. The van der Waals surface area contributed by atoms with E-state index in [0.717, 1.165) is 38.6 Å². The third-order valence-electron chi connectivity index (χ3n) is 5.28. The number of aliphatic imine (C=N–C) groups is 1. The summed E-state index contributed by atoms with van der Waals surface area (Å²) >= 11 is 3.11. The predicted molar refractivity (Wildman–Crippen MR) is 133 cm³/mol. The molecule has 2 heterocycles. The zero-order chi connectivity index (χ0) is 21.4. The molecule has 3 aromatic rings. The second kappa shape index (κ2) is 8.29. The van der Waals surface area contributed by atoms with E-state index >= 15 is 0 Å². The van der Waals surface area contributed by atoms with Gasteiger partial charge in [0, 0.05) is 23.4 Å². The molecule has 1 saturated heterocycles. The molecule has 31 heavy (non-hydrogen) atoms. The lowest BCUT2D eigenvalue weighted by atomic mass is 10.1. The smallest absolute Gasteiger partial charge is 0.269 e. The number of nitrogens with zero attached hydrogens (tertiary/aromatic N) is 3. The van der Waals surface area contributed by atoms with E-state index in [2.05, 4.69) is 48.7 Å². The van der Waals surface area contributed by atoms with Gasteiger partial charge in [-0.3, -0.25) is 9.69 Å². The van der Waals surface area contributed by atoms with E-state index in [1.165, 1.54) is 16.7 Å². The number of thioether (sulfide) groups is 2. The Hall–Kier alpha value is -2.96. The Bertz CT molecular complexity index is 1260. The molecule has 5 rings (SSSR count). The average molecular weight is 444 g/mol. The first kappa shape index (κ1) is 20.0. The first-order chi connectivity index (χ1) is 15.2. The van der Waals surface area contributed by atoms with Crippen LogP contribution in [0.4, 0.5) is 11.4 Å². The highest BCUT2D eigenvalue weighted by atomic mass is 32.2. The van der Waals surface area contributed by atoms with Crippen molar-refractivity contribution >= 4 is 56.7 Å². The molecule has 0 radical (unpaired) electrons. The van der Waals surface area contributed by atoms with Gasteiger partial charge in [-0.15, -0.1) is 6.58 Å². The molecule has 0 N–H and O–H groups in total. The maximum atomic E-state index is 13.4. The Morgan fingerprint density at radius 3 is 2.58 bits per heavy atom. The highest BCUT2D eigenvalue weighted by Crippen LogP contribution is 2.50. The number of carbonyl (C=O) groups excluding carboxylic acids is 1. The van der Waals surface area contributed by atoms with Gasteiger partial charge >= 0.3 is 0 Å². The summed E-state index contributed by atoms with van der Waals surface area (Å²) in [6.07, 6.45) is 1.75. The second-order valence-corrected chi connectivity index (χ2v) is 9.16. The van der Waals surface area contributed by atoms with Gasteiger partial charge in [0.25, 0.3) is 5.91 Å². The number of rotatable bonds is 4. The molecular formula is C25H21N3OS2. The number of hydrogen-bond donors (Lipinski definition) is 0. The summed E-state index contributed by atoms with van der Waals surface area (Å²) in [5.74, 6) is -0.0161. The van der Waals surface area contributed by atoms with E-state index in [9.17, 15) is 4.79 Å². The van der Waals surface area contributed by atoms with E-state index in [0.29, 0.717) is 11.7 Å². The van der Waals surface area contributed by atoms with Crippen LogP contribution >= 0.6 is 23.5 Å². The number of amides is 1. The molecule has 0 aromatic heterocycles. The van der Waals surface area contributed by atoms with E-state index in [-0.39, 0.29) is 5.91 Å². The van der Waals surface area contributed by atoms with Crippen LogP contribution in [0.15, 0.2) is 99.2 Å². The normalized spacial score (nSPS) is 19.5. The van der Waals surface area contributed by atoms with Crippen LogP contribution < -0.4 is 4.90 Å². The Kier molecular flexibility index (Phi) is 5.34. The molecular weight excluding hydrogens is 422 g/mol. The Morgan fingerprint density at radius 1 is 0.968 bits per heavy atom. The third kappa shape index (κ3) is 3.46. The number of amidine groups is 1. The molecule has 0 saturated carbocycles. The van der Waals surface area contributed by atoms with Gasteiger partial charge in [0.15, 0.2) is 5.17 Å². The fraction of sp³-hybridized carbons (Fsp3) is 0.120. The molecule has 1 amide bonds. The Morgan fingerprint density at radius 2 is 1.74 bits per heavy atom. The number of anilines is 1. The van der Waals surface area contributed by atoms with E-state index in [1.54, 1.807) is 22.7 Å². The van der Waals surface area contributed by atoms with E-state index < -0.39 is 0 Å². The summed E-state index contributed by atoms with van der Waals surface area (Å²) < 4.78 is 0. The molecule has 0 spiro atoms. The van der Waals surface area contributed by atoms with Crippen molar-refractivity contribution in [2.24, 2.45) is 4.99 Å². The summed E-state index contributed by atoms with van der Waals surface area (Å²) in [4.78, 5) is 24.2. The van der Waals surface area contributed by atoms with Gasteiger partial charge in [0.1, 0.15) is 9.93 Å². The quantitative estimate of drug-likeness (QED) is 0.346. The highest BCUT2D eigenvalue weighted by molar-refractivity contribution is 8.19. The standard InChI is InChI=1S/C25H21N3OS2/c1-3-16-28-23(29)22(24-27(4-2)20-14-7-8-15-21(20)30-24)31-25(28)26-19-13-9-11-17-10-5-6-12-18(17)19/h3,5-15H,1,4,16H2,2H3. The SMILES string of the molecule is C=CCN1C(=O)C(=C2Sc3ccccc3N2CC)SC1=Nc1cccc2ccccc12.